The highest BCUT2D eigenvalue weighted by atomic mass is 16.1. The molecule has 1 aliphatic rings. The van der Waals surface area contributed by atoms with Crippen LogP contribution >= 0.6 is 0 Å². The van der Waals surface area contributed by atoms with E-state index in [0.717, 1.165) is 31.4 Å². The average Bonchev–Trinajstić information content (AvgIpc) is 2.80. The fourth-order valence-electron chi connectivity index (χ4n) is 4.30. The van der Waals surface area contributed by atoms with Crippen LogP contribution in [0.15, 0.2) is 78.9 Å². The number of nitrogen functional groups attached to an aromatic ring is 1. The van der Waals surface area contributed by atoms with Gasteiger partial charge in [-0.2, -0.15) is 0 Å². The van der Waals surface area contributed by atoms with Crippen LogP contribution in [0.1, 0.15) is 51.1 Å². The van der Waals surface area contributed by atoms with Crippen molar-refractivity contribution in [2.45, 2.75) is 31.2 Å². The van der Waals surface area contributed by atoms with Crippen LogP contribution in [-0.2, 0) is 6.42 Å². The van der Waals surface area contributed by atoms with E-state index in [1.807, 2.05) is 48.5 Å². The van der Waals surface area contributed by atoms with Gasteiger partial charge >= 0.3 is 0 Å². The molecular formula is C26H26N2O2. The minimum atomic E-state index is -0.706. The van der Waals surface area contributed by atoms with Crippen molar-refractivity contribution in [2.24, 2.45) is 0 Å². The van der Waals surface area contributed by atoms with Gasteiger partial charge in [-0.1, -0.05) is 66.7 Å². The van der Waals surface area contributed by atoms with Crippen molar-refractivity contribution < 1.29 is 9.59 Å². The van der Waals surface area contributed by atoms with Gasteiger partial charge in [0.1, 0.15) is 0 Å². The molecule has 3 aromatic carbocycles. The third kappa shape index (κ3) is 3.91. The number of Topliss-reactive ketones (excluding diaryl/α,β-unsaturated/α-hetero) is 1. The number of ketones is 2. The quantitative estimate of drug-likeness (QED) is 0.476. The molecule has 1 aliphatic heterocycles. The normalized spacial score (nSPS) is 18.7. The van der Waals surface area contributed by atoms with Crippen molar-refractivity contribution in [1.29, 1.82) is 0 Å². The molecule has 1 unspecified atom stereocenters. The van der Waals surface area contributed by atoms with Crippen molar-refractivity contribution in [3.63, 3.8) is 0 Å². The fraction of sp³-hybridized carbons (Fsp3) is 0.231. The minimum Gasteiger partial charge on any atom is -0.398 e. The lowest BCUT2D eigenvalue weighted by molar-refractivity contribution is 0.0812. The first kappa shape index (κ1) is 20.0. The van der Waals surface area contributed by atoms with Crippen molar-refractivity contribution in [3.05, 3.63) is 101 Å². The Morgan fingerprint density at radius 2 is 1.50 bits per heavy atom. The smallest absolute Gasteiger partial charge is 0.195 e. The molecule has 1 saturated heterocycles. The molecule has 0 radical (unpaired) electrons. The maximum atomic E-state index is 13.8. The van der Waals surface area contributed by atoms with Gasteiger partial charge in [-0.05, 0) is 49.9 Å². The highest BCUT2D eigenvalue weighted by Gasteiger charge is 2.40. The summed E-state index contributed by atoms with van der Waals surface area (Å²) in [4.78, 5) is 26.8. The number of nitrogens with two attached hydrogens (primary N) is 1. The van der Waals surface area contributed by atoms with Gasteiger partial charge < -0.3 is 11.1 Å². The predicted molar refractivity (Wildman–Crippen MR) is 120 cm³/mol. The van der Waals surface area contributed by atoms with Crippen LogP contribution < -0.4 is 11.1 Å². The molecule has 4 heteroatoms. The Kier molecular flexibility index (Phi) is 5.77. The summed E-state index contributed by atoms with van der Waals surface area (Å²) in [5.74, 6) is -0.206. The molecular weight excluding hydrogens is 372 g/mol. The van der Waals surface area contributed by atoms with Gasteiger partial charge in [0.2, 0.25) is 0 Å². The first-order chi connectivity index (χ1) is 14.6. The van der Waals surface area contributed by atoms with E-state index in [9.17, 15) is 9.59 Å². The number of anilines is 1. The number of carbonyl (C=O) groups is 2. The average molecular weight is 399 g/mol. The molecule has 0 spiro atoms. The largest absolute Gasteiger partial charge is 0.398 e. The molecule has 152 valence electrons. The van der Waals surface area contributed by atoms with Crippen LogP contribution in [0.25, 0.3) is 0 Å². The van der Waals surface area contributed by atoms with E-state index >= 15 is 0 Å². The molecule has 3 aromatic rings. The molecule has 0 amide bonds. The lowest BCUT2D eigenvalue weighted by Gasteiger charge is -2.37. The summed E-state index contributed by atoms with van der Waals surface area (Å²) in [7, 11) is 0. The number of carbonyl (C=O) groups excluding carboxylic acids is 2. The van der Waals surface area contributed by atoms with E-state index in [1.54, 1.807) is 30.3 Å². The van der Waals surface area contributed by atoms with Gasteiger partial charge in [0.05, 0.1) is 11.2 Å². The predicted octanol–water partition coefficient (Wildman–Crippen LogP) is 4.44. The fourth-order valence-corrected chi connectivity index (χ4v) is 4.30. The first-order valence-corrected chi connectivity index (χ1v) is 10.4. The summed E-state index contributed by atoms with van der Waals surface area (Å²) in [6, 6.07) is 24.2. The maximum absolute atomic E-state index is 13.8. The Balaban J connectivity index is 1.71. The number of rotatable bonds is 6. The zero-order valence-electron chi connectivity index (χ0n) is 16.9. The van der Waals surface area contributed by atoms with Gasteiger partial charge in [0.25, 0.3) is 0 Å². The number of hydrogen-bond donors (Lipinski definition) is 2. The second-order valence-electron chi connectivity index (χ2n) is 7.92. The summed E-state index contributed by atoms with van der Waals surface area (Å²) in [5.41, 5.74) is 8.42. The van der Waals surface area contributed by atoms with E-state index < -0.39 is 5.54 Å². The van der Waals surface area contributed by atoms with Crippen molar-refractivity contribution in [2.75, 3.05) is 12.3 Å². The summed E-state index contributed by atoms with van der Waals surface area (Å²) >= 11 is 0. The van der Waals surface area contributed by atoms with Gasteiger partial charge in [0.15, 0.2) is 11.6 Å². The Bertz CT molecular complexity index is 1040. The molecule has 0 aromatic heterocycles. The third-order valence-corrected chi connectivity index (χ3v) is 5.91. The van der Waals surface area contributed by atoms with Gasteiger partial charge in [-0.3, -0.25) is 9.59 Å². The highest BCUT2D eigenvalue weighted by molar-refractivity contribution is 6.16. The third-order valence-electron chi connectivity index (χ3n) is 5.91. The lowest BCUT2D eigenvalue weighted by Crippen LogP contribution is -2.56. The van der Waals surface area contributed by atoms with E-state index in [1.165, 1.54) is 0 Å². The van der Waals surface area contributed by atoms with Crippen molar-refractivity contribution in [3.8, 4) is 0 Å². The molecule has 3 N–H and O–H groups in total. The lowest BCUT2D eigenvalue weighted by atomic mass is 9.77. The molecule has 4 rings (SSSR count). The number of nitrogens with one attached hydrogen (secondary N) is 1. The molecule has 4 nitrogen and oxygen atoms in total. The van der Waals surface area contributed by atoms with Crippen LogP contribution in [-0.4, -0.2) is 23.7 Å². The Morgan fingerprint density at radius 1 is 0.833 bits per heavy atom. The van der Waals surface area contributed by atoms with Crippen LogP contribution in [0.2, 0.25) is 0 Å². The summed E-state index contributed by atoms with van der Waals surface area (Å²) in [5, 5.41) is 3.50. The Hall–Kier alpha value is -3.24. The minimum absolute atomic E-state index is 0.0359. The van der Waals surface area contributed by atoms with E-state index in [4.69, 9.17) is 5.73 Å². The highest BCUT2D eigenvalue weighted by Crippen LogP contribution is 2.31. The molecule has 30 heavy (non-hydrogen) atoms. The molecule has 1 atom stereocenters. The van der Waals surface area contributed by atoms with Gasteiger partial charge in [0, 0.05) is 16.7 Å². The van der Waals surface area contributed by atoms with Gasteiger partial charge in [-0.15, -0.1) is 0 Å². The Labute approximate surface area is 177 Å². The summed E-state index contributed by atoms with van der Waals surface area (Å²) < 4.78 is 0. The van der Waals surface area contributed by atoms with E-state index in [0.29, 0.717) is 23.1 Å². The zero-order valence-corrected chi connectivity index (χ0v) is 16.9. The second-order valence-corrected chi connectivity index (χ2v) is 7.92. The molecule has 1 heterocycles. The monoisotopic (exact) mass is 398 g/mol. The number of piperidine rings is 1. The number of benzene rings is 3. The second kappa shape index (κ2) is 8.64. The molecule has 1 fully saturated rings. The van der Waals surface area contributed by atoms with Crippen molar-refractivity contribution >= 4 is 17.3 Å². The number of para-hydroxylation sites is 1. The molecule has 0 aliphatic carbocycles. The SMILES string of the molecule is Nc1c(C(=O)c2ccccc2)cccc1C(=O)C1(Cc2ccccc2)CCCCN1. The summed E-state index contributed by atoms with van der Waals surface area (Å²) in [6.45, 7) is 0.793. The standard InChI is InChI=1S/C26H26N2O2/c27-23-21(24(29)20-12-5-2-6-13-20)14-9-15-22(23)25(30)26(16-7-8-17-28-26)18-19-10-3-1-4-11-19/h1-6,9-15,28H,7-8,16-18,27H2. The first-order valence-electron chi connectivity index (χ1n) is 10.4. The van der Waals surface area contributed by atoms with Crippen LogP contribution in [0, 0.1) is 0 Å². The summed E-state index contributed by atoms with van der Waals surface area (Å²) in [6.07, 6.45) is 3.37. The van der Waals surface area contributed by atoms with Crippen LogP contribution in [0.5, 0.6) is 0 Å². The van der Waals surface area contributed by atoms with Crippen LogP contribution in [0.4, 0.5) is 5.69 Å². The van der Waals surface area contributed by atoms with Gasteiger partial charge in [-0.25, -0.2) is 0 Å². The maximum Gasteiger partial charge on any atom is 0.195 e. The Morgan fingerprint density at radius 3 is 2.17 bits per heavy atom. The zero-order chi connectivity index (χ0) is 21.0. The molecule has 0 saturated carbocycles. The topological polar surface area (TPSA) is 72.2 Å². The van der Waals surface area contributed by atoms with Crippen LogP contribution in [0.3, 0.4) is 0 Å². The van der Waals surface area contributed by atoms with E-state index in [-0.39, 0.29) is 17.3 Å². The number of hydrogen-bond acceptors (Lipinski definition) is 4. The van der Waals surface area contributed by atoms with E-state index in [2.05, 4.69) is 5.32 Å². The van der Waals surface area contributed by atoms with Crippen molar-refractivity contribution in [1.82, 2.24) is 5.32 Å². The molecule has 0 bridgehead atoms.